The number of nitrogens with zero attached hydrogens (tertiary/aromatic N) is 8. The van der Waals surface area contributed by atoms with Crippen LogP contribution in [-0.4, -0.2) is 94.6 Å². The second kappa shape index (κ2) is 11.4. The molecule has 37 heavy (non-hydrogen) atoms. The van der Waals surface area contributed by atoms with E-state index in [4.69, 9.17) is 10.1 Å². The molecule has 1 fully saturated rings. The van der Waals surface area contributed by atoms with Crippen molar-refractivity contribution in [2.75, 3.05) is 23.4 Å². The zero-order valence-electron chi connectivity index (χ0n) is 18.7. The van der Waals surface area contributed by atoms with Crippen LogP contribution >= 0.6 is 34.9 Å². The van der Waals surface area contributed by atoms with Crippen LogP contribution in [0.25, 0.3) is 0 Å². The molecule has 2 atom stereocenters. The number of thiazole rings is 1. The number of carboxylic acids is 1. The molecule has 1 unspecified atom stereocenters. The Kier molecular flexibility index (Phi) is 8.00. The van der Waals surface area contributed by atoms with Gasteiger partial charge in [0.1, 0.15) is 28.9 Å². The molecule has 0 bridgehead atoms. The number of aromatic nitrogens is 5. The van der Waals surface area contributed by atoms with Crippen LogP contribution < -0.4 is 10.6 Å². The molecule has 3 amide bonds. The fourth-order valence-electron chi connectivity index (χ4n) is 3.33. The number of aryl methyl sites for hydroxylation is 1. The van der Waals surface area contributed by atoms with Gasteiger partial charge in [0.15, 0.2) is 10.8 Å². The first-order chi connectivity index (χ1) is 17.8. The molecule has 4 heterocycles. The van der Waals surface area contributed by atoms with E-state index in [1.165, 1.54) is 33.6 Å². The Balaban J connectivity index is 1.50. The van der Waals surface area contributed by atoms with E-state index in [0.29, 0.717) is 22.9 Å². The Bertz CT molecular complexity index is 1350. The Labute approximate surface area is 220 Å². The van der Waals surface area contributed by atoms with Gasteiger partial charge in [0.2, 0.25) is 18.2 Å². The van der Waals surface area contributed by atoms with Crippen molar-refractivity contribution in [2.45, 2.75) is 16.6 Å². The van der Waals surface area contributed by atoms with Crippen molar-refractivity contribution < 1.29 is 29.1 Å². The highest BCUT2D eigenvalue weighted by molar-refractivity contribution is 8.01. The van der Waals surface area contributed by atoms with Gasteiger partial charge in [0.25, 0.3) is 11.8 Å². The van der Waals surface area contributed by atoms with E-state index in [1.54, 1.807) is 13.1 Å². The van der Waals surface area contributed by atoms with E-state index in [0.717, 1.165) is 16.2 Å². The maximum absolute atomic E-state index is 13.0. The SMILES string of the molecule is Cn1nnnc1SCC1=C(C(=O)O)N2C(=O)C(NC(=O)C(=NOCC#N)c3csc(NC=O)n3)[C@@H]2SC1. The van der Waals surface area contributed by atoms with Crippen LogP contribution in [0.2, 0.25) is 0 Å². The minimum Gasteiger partial charge on any atom is -0.477 e. The van der Waals surface area contributed by atoms with E-state index in [2.05, 4.69) is 36.3 Å². The number of nitrogens with one attached hydrogen (secondary N) is 2. The van der Waals surface area contributed by atoms with Crippen LogP contribution in [-0.2, 0) is 31.1 Å². The molecule has 0 saturated carbocycles. The molecular weight excluding hydrogens is 548 g/mol. The first-order valence-corrected chi connectivity index (χ1v) is 13.1. The lowest BCUT2D eigenvalue weighted by atomic mass is 10.0. The fourth-order valence-corrected chi connectivity index (χ4v) is 6.32. The molecule has 0 spiro atoms. The maximum atomic E-state index is 13.0. The number of hydrogen-bond donors (Lipinski definition) is 3. The van der Waals surface area contributed by atoms with Gasteiger partial charge in [-0.15, -0.1) is 28.2 Å². The minimum absolute atomic E-state index is 0.0495. The lowest BCUT2D eigenvalue weighted by Crippen LogP contribution is -2.71. The standard InChI is InChI=1S/C18H16N10O6S3/c1-27-18(23-25-26-27)37-5-8-4-35-15-11(14(31)28(15)12(8)16(32)33)22-13(30)10(24-34-3-2-19)9-6-36-17(21-9)20-7-29/h6-7,11,15H,3-5H2,1H3,(H,22,30)(H,32,33)(H,20,21,29)/t11?,15-/m0/s1. The molecule has 19 heteroatoms. The summed E-state index contributed by atoms with van der Waals surface area (Å²) in [6, 6.07) is 0.681. The molecule has 0 aromatic carbocycles. The van der Waals surface area contributed by atoms with Crippen molar-refractivity contribution in [1.82, 2.24) is 35.4 Å². The number of hydrogen-bond acceptors (Lipinski definition) is 14. The van der Waals surface area contributed by atoms with E-state index < -0.39 is 35.8 Å². The Morgan fingerprint density at radius 3 is 2.97 bits per heavy atom. The van der Waals surface area contributed by atoms with Crippen molar-refractivity contribution in [3.8, 4) is 6.07 Å². The summed E-state index contributed by atoms with van der Waals surface area (Å²) in [6.45, 7) is -0.438. The molecule has 2 aliphatic heterocycles. The van der Waals surface area contributed by atoms with Gasteiger partial charge >= 0.3 is 5.97 Å². The molecule has 4 rings (SSSR count). The third-order valence-corrected chi connectivity index (χ3v) is 8.13. The van der Waals surface area contributed by atoms with E-state index in [1.807, 2.05) is 0 Å². The highest BCUT2D eigenvalue weighted by atomic mass is 32.2. The van der Waals surface area contributed by atoms with Crippen LogP contribution in [0, 0.1) is 11.3 Å². The molecule has 2 aromatic rings. The average molecular weight is 565 g/mol. The number of nitriles is 1. The lowest BCUT2D eigenvalue weighted by molar-refractivity contribution is -0.150. The number of anilines is 1. The number of fused-ring (bicyclic) bond motifs is 1. The van der Waals surface area contributed by atoms with Crippen LogP contribution in [0.5, 0.6) is 0 Å². The van der Waals surface area contributed by atoms with Crippen molar-refractivity contribution >= 4 is 69.9 Å². The fraction of sp³-hybridized carbons (Fsp3) is 0.333. The molecule has 2 aliphatic rings. The molecule has 192 valence electrons. The van der Waals surface area contributed by atoms with Crippen molar-refractivity contribution in [3.05, 3.63) is 22.3 Å². The van der Waals surface area contributed by atoms with Gasteiger partial charge in [-0.05, 0) is 16.0 Å². The number of β-lactam (4-membered cyclic amide) rings is 1. The number of carbonyl (C=O) groups is 4. The van der Waals surface area contributed by atoms with Crippen LogP contribution in [0.4, 0.5) is 5.13 Å². The van der Waals surface area contributed by atoms with Crippen LogP contribution in [0.1, 0.15) is 5.69 Å². The summed E-state index contributed by atoms with van der Waals surface area (Å²) < 4.78 is 1.45. The number of aliphatic carboxylic acids is 1. The molecular formula is C18H16N10O6S3. The number of amides is 3. The predicted molar refractivity (Wildman–Crippen MR) is 129 cm³/mol. The number of carbonyl (C=O) groups excluding carboxylic acids is 3. The Morgan fingerprint density at radius 2 is 2.30 bits per heavy atom. The summed E-state index contributed by atoms with van der Waals surface area (Å²) in [7, 11) is 1.65. The van der Waals surface area contributed by atoms with Crippen molar-refractivity contribution in [2.24, 2.45) is 12.2 Å². The molecule has 2 aromatic heterocycles. The molecule has 0 aliphatic carbocycles. The summed E-state index contributed by atoms with van der Waals surface area (Å²) in [5, 5.41) is 39.7. The van der Waals surface area contributed by atoms with E-state index >= 15 is 0 Å². The third-order valence-electron chi connectivity index (χ3n) is 4.92. The van der Waals surface area contributed by atoms with Crippen LogP contribution in [0.3, 0.4) is 0 Å². The highest BCUT2D eigenvalue weighted by Crippen LogP contribution is 2.41. The van der Waals surface area contributed by atoms with Crippen LogP contribution in [0.15, 0.2) is 27.0 Å². The lowest BCUT2D eigenvalue weighted by Gasteiger charge is -2.49. The van der Waals surface area contributed by atoms with Gasteiger partial charge in [-0.3, -0.25) is 19.3 Å². The number of tetrazole rings is 1. The number of oxime groups is 1. The van der Waals surface area contributed by atoms with Gasteiger partial charge in [-0.2, -0.15) is 5.26 Å². The zero-order chi connectivity index (χ0) is 26.5. The number of carboxylic acid groups (broad SMARTS) is 1. The highest BCUT2D eigenvalue weighted by Gasteiger charge is 2.54. The topological polar surface area (TPSA) is 218 Å². The van der Waals surface area contributed by atoms with Crippen molar-refractivity contribution in [1.29, 1.82) is 5.26 Å². The molecule has 16 nitrogen and oxygen atoms in total. The van der Waals surface area contributed by atoms with Gasteiger partial charge in [-0.1, -0.05) is 16.9 Å². The minimum atomic E-state index is -1.26. The third kappa shape index (κ3) is 5.40. The molecule has 3 N–H and O–H groups in total. The maximum Gasteiger partial charge on any atom is 0.352 e. The van der Waals surface area contributed by atoms with Gasteiger partial charge in [0.05, 0.1) is 0 Å². The quantitative estimate of drug-likeness (QED) is 0.0746. The summed E-state index contributed by atoms with van der Waals surface area (Å²) in [4.78, 5) is 58.7. The van der Waals surface area contributed by atoms with Gasteiger partial charge < -0.3 is 20.6 Å². The second-order valence-corrected chi connectivity index (χ2v) is 10.1. The average Bonchev–Trinajstić information content (AvgIpc) is 3.51. The van der Waals surface area contributed by atoms with Crippen molar-refractivity contribution in [3.63, 3.8) is 0 Å². The summed E-state index contributed by atoms with van der Waals surface area (Å²) in [5.41, 5.74) is 0.108. The predicted octanol–water partition coefficient (Wildman–Crippen LogP) is -0.990. The second-order valence-electron chi connectivity index (χ2n) is 7.16. The summed E-state index contributed by atoms with van der Waals surface area (Å²) in [6.07, 6.45) is 0.415. The Morgan fingerprint density at radius 1 is 1.49 bits per heavy atom. The first kappa shape index (κ1) is 26.1. The first-order valence-electron chi connectivity index (χ1n) is 10.1. The number of rotatable bonds is 11. The van der Waals surface area contributed by atoms with Gasteiger partial charge in [0, 0.05) is 23.9 Å². The van der Waals surface area contributed by atoms with E-state index in [-0.39, 0.29) is 28.0 Å². The number of thioether (sulfide) groups is 2. The normalized spacial score (nSPS) is 19.0. The Hall–Kier alpha value is -4.02. The smallest absolute Gasteiger partial charge is 0.352 e. The summed E-state index contributed by atoms with van der Waals surface area (Å²) >= 11 is 3.56. The van der Waals surface area contributed by atoms with E-state index in [9.17, 15) is 24.3 Å². The molecule has 0 radical (unpaired) electrons. The largest absolute Gasteiger partial charge is 0.477 e. The summed E-state index contributed by atoms with van der Waals surface area (Å²) in [5.74, 6) is -2.13. The van der Waals surface area contributed by atoms with Gasteiger partial charge in [-0.25, -0.2) is 14.5 Å². The monoisotopic (exact) mass is 564 g/mol. The molecule has 1 saturated heterocycles. The zero-order valence-corrected chi connectivity index (χ0v) is 21.2.